The standard InChI is InChI=1S/C11H13Br2NO2/c12-6-5-10(13)11(15)16-9-3-1-8(7-14)2-4-9/h1-4,10H,5-7,14H2. The van der Waals surface area contributed by atoms with Crippen LogP contribution in [0.2, 0.25) is 0 Å². The minimum absolute atomic E-state index is 0.277. The third-order valence-electron chi connectivity index (χ3n) is 2.00. The Morgan fingerprint density at radius 2 is 2.00 bits per heavy atom. The third kappa shape index (κ3) is 4.23. The van der Waals surface area contributed by atoms with Crippen molar-refractivity contribution < 1.29 is 9.53 Å². The Bertz CT molecular complexity index is 340. The monoisotopic (exact) mass is 349 g/mol. The van der Waals surface area contributed by atoms with Gasteiger partial charge in [0, 0.05) is 11.9 Å². The number of carbonyl (C=O) groups is 1. The van der Waals surface area contributed by atoms with E-state index < -0.39 is 0 Å². The molecule has 16 heavy (non-hydrogen) atoms. The fourth-order valence-electron chi connectivity index (χ4n) is 1.09. The van der Waals surface area contributed by atoms with Crippen molar-refractivity contribution in [2.24, 2.45) is 5.73 Å². The van der Waals surface area contributed by atoms with Gasteiger partial charge in [0.1, 0.15) is 10.6 Å². The van der Waals surface area contributed by atoms with Crippen molar-refractivity contribution in [3.63, 3.8) is 0 Å². The summed E-state index contributed by atoms with van der Waals surface area (Å²) < 4.78 is 5.18. The molecule has 0 heterocycles. The number of nitrogens with two attached hydrogens (primary N) is 1. The van der Waals surface area contributed by atoms with E-state index in [2.05, 4.69) is 31.9 Å². The molecule has 1 aromatic carbocycles. The maximum atomic E-state index is 11.5. The normalized spacial score (nSPS) is 12.2. The van der Waals surface area contributed by atoms with Crippen LogP contribution in [0.15, 0.2) is 24.3 Å². The summed E-state index contributed by atoms with van der Waals surface area (Å²) >= 11 is 6.54. The van der Waals surface area contributed by atoms with Gasteiger partial charge in [0.15, 0.2) is 0 Å². The Kier molecular flexibility index (Phi) is 6.01. The molecule has 0 saturated heterocycles. The van der Waals surface area contributed by atoms with Crippen LogP contribution in [-0.2, 0) is 11.3 Å². The zero-order valence-corrected chi connectivity index (χ0v) is 11.8. The molecular formula is C11H13Br2NO2. The van der Waals surface area contributed by atoms with Gasteiger partial charge in [-0.3, -0.25) is 4.79 Å². The quantitative estimate of drug-likeness (QED) is 0.504. The van der Waals surface area contributed by atoms with E-state index in [9.17, 15) is 4.79 Å². The van der Waals surface area contributed by atoms with Crippen molar-refractivity contribution in [1.29, 1.82) is 0 Å². The van der Waals surface area contributed by atoms with Crippen molar-refractivity contribution in [1.82, 2.24) is 0 Å². The Balaban J connectivity index is 2.55. The Morgan fingerprint density at radius 1 is 1.38 bits per heavy atom. The van der Waals surface area contributed by atoms with E-state index in [1.165, 1.54) is 0 Å². The molecule has 1 atom stereocenters. The summed E-state index contributed by atoms with van der Waals surface area (Å²) in [6.07, 6.45) is 0.694. The average Bonchev–Trinajstić information content (AvgIpc) is 2.30. The van der Waals surface area contributed by atoms with Crippen LogP contribution in [0.5, 0.6) is 5.75 Å². The SMILES string of the molecule is NCc1ccc(OC(=O)C(Br)CCBr)cc1. The Labute approximate surface area is 112 Å². The van der Waals surface area contributed by atoms with Gasteiger partial charge in [-0.2, -0.15) is 0 Å². The molecule has 2 N–H and O–H groups in total. The second-order valence-electron chi connectivity index (χ2n) is 3.21. The molecule has 0 aliphatic rings. The number of rotatable bonds is 5. The fraction of sp³-hybridized carbons (Fsp3) is 0.364. The van der Waals surface area contributed by atoms with E-state index >= 15 is 0 Å². The van der Waals surface area contributed by atoms with E-state index in [0.29, 0.717) is 18.7 Å². The lowest BCUT2D eigenvalue weighted by Crippen LogP contribution is -2.20. The van der Waals surface area contributed by atoms with E-state index in [-0.39, 0.29) is 10.8 Å². The molecule has 1 unspecified atom stereocenters. The zero-order valence-electron chi connectivity index (χ0n) is 8.66. The zero-order chi connectivity index (χ0) is 12.0. The lowest BCUT2D eigenvalue weighted by atomic mass is 10.2. The van der Waals surface area contributed by atoms with Gasteiger partial charge in [0.05, 0.1) is 0 Å². The number of benzene rings is 1. The molecule has 3 nitrogen and oxygen atoms in total. The van der Waals surface area contributed by atoms with E-state index in [4.69, 9.17) is 10.5 Å². The van der Waals surface area contributed by atoms with Crippen LogP contribution in [0.3, 0.4) is 0 Å². The topological polar surface area (TPSA) is 52.3 Å². The van der Waals surface area contributed by atoms with Crippen molar-refractivity contribution in [2.75, 3.05) is 5.33 Å². The number of hydrogen-bond donors (Lipinski definition) is 1. The molecule has 0 spiro atoms. The highest BCUT2D eigenvalue weighted by molar-refractivity contribution is 9.10. The number of hydrogen-bond acceptors (Lipinski definition) is 3. The summed E-state index contributed by atoms with van der Waals surface area (Å²) in [7, 11) is 0. The van der Waals surface area contributed by atoms with Crippen molar-refractivity contribution in [3.05, 3.63) is 29.8 Å². The van der Waals surface area contributed by atoms with Gasteiger partial charge in [-0.15, -0.1) is 0 Å². The van der Waals surface area contributed by atoms with Gasteiger partial charge in [-0.1, -0.05) is 44.0 Å². The fourth-order valence-corrected chi connectivity index (χ4v) is 2.48. The van der Waals surface area contributed by atoms with Crippen LogP contribution in [-0.4, -0.2) is 16.1 Å². The van der Waals surface area contributed by atoms with Crippen LogP contribution in [0.4, 0.5) is 0 Å². The van der Waals surface area contributed by atoms with Crippen molar-refractivity contribution in [2.45, 2.75) is 17.8 Å². The van der Waals surface area contributed by atoms with E-state index in [1.807, 2.05) is 12.1 Å². The molecule has 0 saturated carbocycles. The minimum Gasteiger partial charge on any atom is -0.426 e. The lowest BCUT2D eigenvalue weighted by Gasteiger charge is -2.08. The van der Waals surface area contributed by atoms with Crippen LogP contribution < -0.4 is 10.5 Å². The van der Waals surface area contributed by atoms with Crippen molar-refractivity contribution in [3.8, 4) is 5.75 Å². The number of esters is 1. The van der Waals surface area contributed by atoms with Crippen LogP contribution in [0, 0.1) is 0 Å². The first-order chi connectivity index (χ1) is 7.67. The van der Waals surface area contributed by atoms with Crippen LogP contribution >= 0.6 is 31.9 Å². The van der Waals surface area contributed by atoms with Gasteiger partial charge < -0.3 is 10.5 Å². The summed E-state index contributed by atoms with van der Waals surface area (Å²) in [6.45, 7) is 0.485. The number of halogens is 2. The summed E-state index contributed by atoms with van der Waals surface area (Å²) in [5.74, 6) is 0.265. The second kappa shape index (κ2) is 7.04. The van der Waals surface area contributed by atoms with E-state index in [0.717, 1.165) is 10.9 Å². The molecule has 0 aromatic heterocycles. The molecular weight excluding hydrogens is 338 g/mol. The number of alkyl halides is 2. The molecule has 88 valence electrons. The van der Waals surface area contributed by atoms with Crippen LogP contribution in [0.1, 0.15) is 12.0 Å². The van der Waals surface area contributed by atoms with Gasteiger partial charge in [-0.05, 0) is 24.1 Å². The molecule has 0 fully saturated rings. The van der Waals surface area contributed by atoms with Gasteiger partial charge in [0.25, 0.3) is 0 Å². The van der Waals surface area contributed by atoms with E-state index in [1.54, 1.807) is 12.1 Å². The predicted molar refractivity (Wildman–Crippen MR) is 71.1 cm³/mol. The summed E-state index contributed by atoms with van der Waals surface area (Å²) in [6, 6.07) is 7.18. The molecule has 0 aliphatic heterocycles. The van der Waals surface area contributed by atoms with Gasteiger partial charge >= 0.3 is 5.97 Å². The number of carbonyl (C=O) groups excluding carboxylic acids is 1. The molecule has 0 bridgehead atoms. The maximum Gasteiger partial charge on any atom is 0.325 e. The second-order valence-corrected chi connectivity index (χ2v) is 5.11. The summed E-state index contributed by atoms with van der Waals surface area (Å²) in [4.78, 5) is 11.3. The maximum absolute atomic E-state index is 11.5. The number of ether oxygens (including phenoxy) is 1. The van der Waals surface area contributed by atoms with Crippen molar-refractivity contribution >= 4 is 37.8 Å². The predicted octanol–water partition coefficient (Wildman–Crippen LogP) is 2.60. The summed E-state index contributed by atoms with van der Waals surface area (Å²) in [5.41, 5.74) is 6.48. The first-order valence-electron chi connectivity index (χ1n) is 4.88. The highest BCUT2D eigenvalue weighted by Crippen LogP contribution is 2.15. The lowest BCUT2D eigenvalue weighted by molar-refractivity contribution is -0.133. The van der Waals surface area contributed by atoms with Gasteiger partial charge in [-0.25, -0.2) is 0 Å². The Hall–Kier alpha value is -0.390. The minimum atomic E-state index is -0.278. The first kappa shape index (κ1) is 13.7. The van der Waals surface area contributed by atoms with Crippen LogP contribution in [0.25, 0.3) is 0 Å². The summed E-state index contributed by atoms with van der Waals surface area (Å²) in [5, 5.41) is 0.754. The molecule has 0 aliphatic carbocycles. The highest BCUT2D eigenvalue weighted by Gasteiger charge is 2.16. The Morgan fingerprint density at radius 3 is 2.50 bits per heavy atom. The molecule has 1 aromatic rings. The molecule has 1 rings (SSSR count). The first-order valence-corrected chi connectivity index (χ1v) is 6.92. The average molecular weight is 351 g/mol. The third-order valence-corrected chi connectivity index (χ3v) is 3.29. The van der Waals surface area contributed by atoms with Gasteiger partial charge in [0.2, 0.25) is 0 Å². The smallest absolute Gasteiger partial charge is 0.325 e. The largest absolute Gasteiger partial charge is 0.426 e. The molecule has 0 amide bonds. The molecule has 0 radical (unpaired) electrons. The highest BCUT2D eigenvalue weighted by atomic mass is 79.9. The molecule has 5 heteroatoms.